The molecule has 1 aliphatic heterocycles. The standard InChI is InChI=1S/C25H35N5O2/c1-24(2)13-19(14-25(3,4)32-24)21(28-16-18-9-6-5-7-10-18)11-8-12-27-23(31)22-29-17-20(15-26)30-22/h8-9,11,17,19H,5-7,10,12-14,16H2,1-4H3,(H,27,31)(H,29,30)/b11-8-,28-21?. The largest absolute Gasteiger partial charge is 0.370 e. The highest BCUT2D eigenvalue weighted by atomic mass is 16.5. The lowest BCUT2D eigenvalue weighted by Gasteiger charge is -2.45. The van der Waals surface area contributed by atoms with Gasteiger partial charge in [0.2, 0.25) is 0 Å². The number of aromatic amines is 1. The predicted molar refractivity (Wildman–Crippen MR) is 126 cm³/mol. The maximum atomic E-state index is 12.2. The van der Waals surface area contributed by atoms with E-state index in [1.807, 2.05) is 12.1 Å². The Bertz CT molecular complexity index is 930. The van der Waals surface area contributed by atoms with E-state index in [9.17, 15) is 4.79 Å². The maximum absolute atomic E-state index is 12.2. The lowest BCUT2D eigenvalue weighted by Crippen LogP contribution is -2.47. The molecule has 172 valence electrons. The SMILES string of the molecule is CC1(C)CC(C(/C=C\CNC(=O)c2ncc(C#N)[nH]2)=NCC2=CCCCC2)CC(C)(C)O1. The van der Waals surface area contributed by atoms with Gasteiger partial charge in [0, 0.05) is 18.2 Å². The van der Waals surface area contributed by atoms with Crippen molar-refractivity contribution in [1.82, 2.24) is 15.3 Å². The Hall–Kier alpha value is -2.72. The van der Waals surface area contributed by atoms with Gasteiger partial charge >= 0.3 is 0 Å². The average Bonchev–Trinajstić information content (AvgIpc) is 3.21. The molecule has 7 heteroatoms. The second-order valence-electron chi connectivity index (χ2n) is 9.95. The van der Waals surface area contributed by atoms with Crippen LogP contribution in [0, 0.1) is 17.2 Å². The van der Waals surface area contributed by atoms with Gasteiger partial charge in [0.15, 0.2) is 5.82 Å². The van der Waals surface area contributed by atoms with Gasteiger partial charge in [-0.2, -0.15) is 5.26 Å². The van der Waals surface area contributed by atoms with Crippen LogP contribution < -0.4 is 5.32 Å². The monoisotopic (exact) mass is 437 g/mol. The summed E-state index contributed by atoms with van der Waals surface area (Å²) in [7, 11) is 0. The van der Waals surface area contributed by atoms with E-state index in [4.69, 9.17) is 15.0 Å². The molecule has 2 N–H and O–H groups in total. The van der Waals surface area contributed by atoms with Gasteiger partial charge in [-0.05, 0) is 72.3 Å². The van der Waals surface area contributed by atoms with Crippen LogP contribution in [0.15, 0.2) is 35.0 Å². The van der Waals surface area contributed by atoms with Gasteiger partial charge in [0.05, 0.1) is 23.9 Å². The fourth-order valence-electron chi connectivity index (χ4n) is 4.77. The van der Waals surface area contributed by atoms with Gasteiger partial charge in [0.25, 0.3) is 5.91 Å². The number of carbonyl (C=O) groups is 1. The number of rotatable bonds is 7. The molecule has 1 aromatic rings. The fourth-order valence-corrected chi connectivity index (χ4v) is 4.77. The first-order chi connectivity index (χ1) is 15.2. The van der Waals surface area contributed by atoms with Crippen molar-refractivity contribution < 1.29 is 9.53 Å². The highest BCUT2D eigenvalue weighted by Gasteiger charge is 2.40. The molecule has 3 rings (SSSR count). The number of nitrogens with zero attached hydrogens (tertiary/aromatic N) is 3. The summed E-state index contributed by atoms with van der Waals surface area (Å²) in [5.41, 5.74) is 2.34. The van der Waals surface area contributed by atoms with E-state index in [0.29, 0.717) is 12.5 Å². The molecule has 32 heavy (non-hydrogen) atoms. The number of amides is 1. The molecule has 2 aliphatic rings. The van der Waals surface area contributed by atoms with E-state index >= 15 is 0 Å². The summed E-state index contributed by atoms with van der Waals surface area (Å²) < 4.78 is 6.27. The van der Waals surface area contributed by atoms with E-state index < -0.39 is 0 Å². The Morgan fingerprint density at radius 1 is 1.34 bits per heavy atom. The molecule has 7 nitrogen and oxygen atoms in total. The third kappa shape index (κ3) is 6.89. The van der Waals surface area contributed by atoms with Crippen molar-refractivity contribution in [3.8, 4) is 6.07 Å². The highest BCUT2D eigenvalue weighted by molar-refractivity contribution is 5.97. The quantitative estimate of drug-likeness (QED) is 0.484. The number of hydrogen-bond donors (Lipinski definition) is 2. The zero-order valence-electron chi connectivity index (χ0n) is 19.7. The molecular weight excluding hydrogens is 402 g/mol. The van der Waals surface area contributed by atoms with Crippen LogP contribution in [0.3, 0.4) is 0 Å². The van der Waals surface area contributed by atoms with E-state index in [1.165, 1.54) is 24.6 Å². The number of imidazole rings is 1. The van der Waals surface area contributed by atoms with Gasteiger partial charge in [-0.1, -0.05) is 17.7 Å². The Morgan fingerprint density at radius 2 is 2.09 bits per heavy atom. The summed E-state index contributed by atoms with van der Waals surface area (Å²) in [6.07, 6.45) is 14.3. The van der Waals surface area contributed by atoms with Crippen LogP contribution in [0.5, 0.6) is 0 Å². The first-order valence-electron chi connectivity index (χ1n) is 11.5. The minimum Gasteiger partial charge on any atom is -0.370 e. The zero-order valence-corrected chi connectivity index (χ0v) is 19.7. The number of ether oxygens (including phenoxy) is 1. The molecule has 0 unspecified atom stereocenters. The molecule has 0 saturated carbocycles. The first kappa shape index (κ1) is 23.9. The van der Waals surface area contributed by atoms with E-state index in [-0.39, 0.29) is 28.6 Å². The van der Waals surface area contributed by atoms with E-state index in [0.717, 1.165) is 37.9 Å². The van der Waals surface area contributed by atoms with Gasteiger partial charge in [0.1, 0.15) is 11.8 Å². The second-order valence-corrected chi connectivity index (χ2v) is 9.95. The fraction of sp³-hybridized carbons (Fsp3) is 0.600. The average molecular weight is 438 g/mol. The molecule has 1 fully saturated rings. The first-order valence-corrected chi connectivity index (χ1v) is 11.5. The van der Waals surface area contributed by atoms with Crippen LogP contribution in [-0.2, 0) is 4.74 Å². The highest BCUT2D eigenvalue weighted by Crippen LogP contribution is 2.39. The third-order valence-electron chi connectivity index (χ3n) is 5.88. The lowest BCUT2D eigenvalue weighted by molar-refractivity contribution is -0.163. The molecule has 1 aliphatic carbocycles. The normalized spacial score (nSPS) is 21.2. The van der Waals surface area contributed by atoms with Crippen LogP contribution in [0.25, 0.3) is 0 Å². The summed E-state index contributed by atoms with van der Waals surface area (Å²) in [4.78, 5) is 23.9. The van der Waals surface area contributed by atoms with Crippen molar-refractivity contribution in [3.05, 3.63) is 41.5 Å². The Labute approximate surface area is 191 Å². The Balaban J connectivity index is 1.69. The van der Waals surface area contributed by atoms with Gasteiger partial charge in [-0.25, -0.2) is 4.98 Å². The van der Waals surface area contributed by atoms with Crippen LogP contribution >= 0.6 is 0 Å². The topological polar surface area (TPSA) is 103 Å². The smallest absolute Gasteiger partial charge is 0.287 e. The number of nitrogens with one attached hydrogen (secondary N) is 2. The molecule has 1 saturated heterocycles. The number of allylic oxidation sites excluding steroid dienone is 2. The van der Waals surface area contributed by atoms with Crippen molar-refractivity contribution in [2.24, 2.45) is 10.9 Å². The lowest BCUT2D eigenvalue weighted by atomic mass is 9.78. The van der Waals surface area contributed by atoms with Gasteiger partial charge in [-0.15, -0.1) is 0 Å². The number of nitriles is 1. The number of hydrogen-bond acceptors (Lipinski definition) is 5. The minimum absolute atomic E-state index is 0.140. The zero-order chi connectivity index (χ0) is 23.2. The van der Waals surface area contributed by atoms with E-state index in [1.54, 1.807) is 0 Å². The summed E-state index contributed by atoms with van der Waals surface area (Å²) in [5.74, 6) is 0.101. The summed E-state index contributed by atoms with van der Waals surface area (Å²) in [6.45, 7) is 9.68. The molecule has 0 aromatic carbocycles. The van der Waals surface area contributed by atoms with Crippen LogP contribution in [-0.4, -0.2) is 45.9 Å². The number of aromatic nitrogens is 2. The van der Waals surface area contributed by atoms with Crippen LogP contribution in [0.4, 0.5) is 0 Å². The summed E-state index contributed by atoms with van der Waals surface area (Å²) in [5, 5.41) is 11.7. The molecule has 0 atom stereocenters. The van der Waals surface area contributed by atoms with E-state index in [2.05, 4.69) is 55.1 Å². The summed E-state index contributed by atoms with van der Waals surface area (Å²) in [6, 6.07) is 1.93. The van der Waals surface area contributed by atoms with Crippen molar-refractivity contribution >= 4 is 11.6 Å². The number of aliphatic imine (C=N–C) groups is 1. The molecule has 0 bridgehead atoms. The molecule has 1 amide bonds. The predicted octanol–water partition coefficient (Wildman–Crippen LogP) is 4.49. The molecule has 0 radical (unpaired) electrons. The third-order valence-corrected chi connectivity index (χ3v) is 5.88. The number of carbonyl (C=O) groups excluding carboxylic acids is 1. The number of H-pyrrole nitrogens is 1. The molecular formula is C25H35N5O2. The van der Waals surface area contributed by atoms with Gasteiger partial charge < -0.3 is 15.0 Å². The Kier molecular flexibility index (Phi) is 7.68. The molecule has 2 heterocycles. The molecule has 0 spiro atoms. The van der Waals surface area contributed by atoms with Crippen molar-refractivity contribution in [2.45, 2.75) is 77.4 Å². The summed E-state index contributed by atoms with van der Waals surface area (Å²) >= 11 is 0. The Morgan fingerprint density at radius 3 is 2.72 bits per heavy atom. The van der Waals surface area contributed by atoms with Crippen molar-refractivity contribution in [1.29, 1.82) is 5.26 Å². The van der Waals surface area contributed by atoms with Crippen LogP contribution in [0.1, 0.15) is 82.5 Å². The second kappa shape index (κ2) is 10.3. The minimum atomic E-state index is -0.338. The van der Waals surface area contributed by atoms with Crippen molar-refractivity contribution in [3.63, 3.8) is 0 Å². The van der Waals surface area contributed by atoms with Gasteiger partial charge in [-0.3, -0.25) is 9.79 Å². The van der Waals surface area contributed by atoms with Crippen LogP contribution in [0.2, 0.25) is 0 Å². The molecule has 1 aromatic heterocycles. The van der Waals surface area contributed by atoms with Crippen molar-refractivity contribution in [2.75, 3.05) is 13.1 Å². The maximum Gasteiger partial charge on any atom is 0.287 e.